The Hall–Kier alpha value is -0.280. The van der Waals surface area contributed by atoms with Crippen molar-refractivity contribution in [1.82, 2.24) is 0 Å². The first kappa shape index (κ1) is 15.1. The number of thiol groups is 1. The van der Waals surface area contributed by atoms with Crippen LogP contribution in [0.5, 0.6) is 5.75 Å². The predicted molar refractivity (Wildman–Crippen MR) is 87.7 cm³/mol. The molecule has 19 heavy (non-hydrogen) atoms. The molecular formula is C16H24OS2. The van der Waals surface area contributed by atoms with Crippen molar-refractivity contribution in [1.29, 1.82) is 0 Å². The molecule has 1 aromatic rings. The molecule has 1 saturated carbocycles. The highest BCUT2D eigenvalue weighted by Gasteiger charge is 2.30. The highest BCUT2D eigenvalue weighted by Crippen LogP contribution is 2.36. The van der Waals surface area contributed by atoms with Crippen molar-refractivity contribution < 1.29 is 4.74 Å². The summed E-state index contributed by atoms with van der Waals surface area (Å²) >= 11 is 6.35. The summed E-state index contributed by atoms with van der Waals surface area (Å²) in [6.07, 6.45) is 10.0. The van der Waals surface area contributed by atoms with Gasteiger partial charge < -0.3 is 4.74 Å². The van der Waals surface area contributed by atoms with E-state index in [9.17, 15) is 0 Å². The number of rotatable bonds is 5. The largest absolute Gasteiger partial charge is 0.493 e. The monoisotopic (exact) mass is 296 g/mol. The first-order valence-electron chi connectivity index (χ1n) is 7.16. The Morgan fingerprint density at radius 1 is 1.11 bits per heavy atom. The summed E-state index contributed by atoms with van der Waals surface area (Å²) in [6, 6.07) is 8.41. The molecule has 0 bridgehead atoms. The van der Waals surface area contributed by atoms with E-state index in [0.717, 1.165) is 18.1 Å². The fourth-order valence-corrected chi connectivity index (χ4v) is 3.55. The first-order valence-corrected chi connectivity index (χ1v) is 9.01. The Morgan fingerprint density at radius 2 is 1.74 bits per heavy atom. The zero-order valence-electron chi connectivity index (χ0n) is 11.7. The van der Waals surface area contributed by atoms with Crippen LogP contribution in [-0.4, -0.2) is 18.6 Å². The minimum atomic E-state index is 0.289. The van der Waals surface area contributed by atoms with Gasteiger partial charge in [-0.05, 0) is 49.1 Å². The highest BCUT2D eigenvalue weighted by molar-refractivity contribution is 7.98. The van der Waals surface area contributed by atoms with Gasteiger partial charge in [-0.2, -0.15) is 12.6 Å². The summed E-state index contributed by atoms with van der Waals surface area (Å²) in [6.45, 7) is 0.815. The molecule has 0 saturated heterocycles. The van der Waals surface area contributed by atoms with Gasteiger partial charge in [0.25, 0.3) is 0 Å². The van der Waals surface area contributed by atoms with E-state index in [1.165, 1.54) is 43.4 Å². The molecule has 106 valence electrons. The predicted octanol–water partition coefficient (Wildman–Crippen LogP) is 5.06. The molecular weight excluding hydrogens is 272 g/mol. The Labute approximate surface area is 126 Å². The quantitative estimate of drug-likeness (QED) is 0.462. The number of thioether (sulfide) groups is 1. The number of benzene rings is 1. The van der Waals surface area contributed by atoms with Gasteiger partial charge in [-0.25, -0.2) is 0 Å². The first-order chi connectivity index (χ1) is 9.28. The van der Waals surface area contributed by atoms with Crippen LogP contribution in [0.3, 0.4) is 0 Å². The zero-order chi connectivity index (χ0) is 13.6. The molecule has 3 heteroatoms. The maximum Gasteiger partial charge on any atom is 0.119 e. The van der Waals surface area contributed by atoms with E-state index in [4.69, 9.17) is 4.74 Å². The third kappa shape index (κ3) is 4.35. The molecule has 1 aliphatic carbocycles. The van der Waals surface area contributed by atoms with Crippen LogP contribution in [0.15, 0.2) is 29.2 Å². The van der Waals surface area contributed by atoms with E-state index in [0.29, 0.717) is 0 Å². The average molecular weight is 297 g/mol. The van der Waals surface area contributed by atoms with Crippen molar-refractivity contribution in [2.45, 2.75) is 43.4 Å². The second kappa shape index (κ2) is 7.49. The standard InChI is InChI=1S/C16H24OS2/c1-19-15-8-6-14(7-9-15)17-12-16(13-18)10-4-2-3-5-11-16/h6-9,18H,2-5,10-13H2,1H3. The minimum absolute atomic E-state index is 0.289. The van der Waals surface area contributed by atoms with Crippen LogP contribution in [-0.2, 0) is 0 Å². The van der Waals surface area contributed by atoms with E-state index < -0.39 is 0 Å². The summed E-state index contributed by atoms with van der Waals surface area (Å²) in [4.78, 5) is 1.28. The van der Waals surface area contributed by atoms with Crippen LogP contribution in [0.4, 0.5) is 0 Å². The van der Waals surface area contributed by atoms with Crippen molar-refractivity contribution in [3.05, 3.63) is 24.3 Å². The van der Waals surface area contributed by atoms with Gasteiger partial charge in [-0.15, -0.1) is 11.8 Å². The van der Waals surface area contributed by atoms with Crippen LogP contribution in [0.25, 0.3) is 0 Å². The molecule has 1 aromatic carbocycles. The van der Waals surface area contributed by atoms with Gasteiger partial charge in [0.05, 0.1) is 6.61 Å². The van der Waals surface area contributed by atoms with Crippen LogP contribution >= 0.6 is 24.4 Å². The molecule has 1 aliphatic rings. The maximum atomic E-state index is 6.04. The third-order valence-electron chi connectivity index (χ3n) is 4.10. The fourth-order valence-electron chi connectivity index (χ4n) is 2.74. The van der Waals surface area contributed by atoms with E-state index in [2.05, 4.69) is 43.2 Å². The smallest absolute Gasteiger partial charge is 0.119 e. The zero-order valence-corrected chi connectivity index (χ0v) is 13.4. The normalized spacial score (nSPS) is 18.8. The summed E-state index contributed by atoms with van der Waals surface area (Å²) in [7, 11) is 0. The van der Waals surface area contributed by atoms with Crippen LogP contribution in [0.1, 0.15) is 38.5 Å². The van der Waals surface area contributed by atoms with Crippen molar-refractivity contribution in [2.24, 2.45) is 5.41 Å². The summed E-state index contributed by atoms with van der Waals surface area (Å²) < 4.78 is 6.04. The van der Waals surface area contributed by atoms with E-state index in [1.807, 2.05) is 0 Å². The van der Waals surface area contributed by atoms with Crippen molar-refractivity contribution in [3.63, 3.8) is 0 Å². The molecule has 0 heterocycles. The number of ether oxygens (including phenoxy) is 1. The summed E-state index contributed by atoms with van der Waals surface area (Å²) in [5.41, 5.74) is 0.289. The molecule has 0 aliphatic heterocycles. The Kier molecular flexibility index (Phi) is 5.96. The van der Waals surface area contributed by atoms with E-state index in [1.54, 1.807) is 11.8 Å². The highest BCUT2D eigenvalue weighted by atomic mass is 32.2. The molecule has 0 amide bonds. The molecule has 0 aromatic heterocycles. The van der Waals surface area contributed by atoms with Gasteiger partial charge in [0, 0.05) is 10.3 Å². The minimum Gasteiger partial charge on any atom is -0.493 e. The topological polar surface area (TPSA) is 9.23 Å². The Morgan fingerprint density at radius 3 is 2.26 bits per heavy atom. The Balaban J connectivity index is 1.94. The van der Waals surface area contributed by atoms with Crippen LogP contribution < -0.4 is 4.74 Å². The van der Waals surface area contributed by atoms with E-state index in [-0.39, 0.29) is 5.41 Å². The lowest BCUT2D eigenvalue weighted by Gasteiger charge is -2.30. The van der Waals surface area contributed by atoms with Gasteiger partial charge >= 0.3 is 0 Å². The van der Waals surface area contributed by atoms with Crippen molar-refractivity contribution in [2.75, 3.05) is 18.6 Å². The van der Waals surface area contributed by atoms with Crippen molar-refractivity contribution in [3.8, 4) is 5.75 Å². The summed E-state index contributed by atoms with van der Waals surface area (Å²) in [5, 5.41) is 0. The lowest BCUT2D eigenvalue weighted by Crippen LogP contribution is -2.30. The van der Waals surface area contributed by atoms with Gasteiger partial charge in [-0.3, -0.25) is 0 Å². The molecule has 0 atom stereocenters. The lowest BCUT2D eigenvalue weighted by molar-refractivity contribution is 0.148. The average Bonchev–Trinajstić information content (AvgIpc) is 2.72. The second-order valence-electron chi connectivity index (χ2n) is 5.54. The molecule has 0 radical (unpaired) electrons. The van der Waals surface area contributed by atoms with Crippen molar-refractivity contribution >= 4 is 24.4 Å². The molecule has 0 N–H and O–H groups in total. The molecule has 0 unspecified atom stereocenters. The molecule has 1 fully saturated rings. The molecule has 2 rings (SSSR count). The summed E-state index contributed by atoms with van der Waals surface area (Å²) in [5.74, 6) is 1.93. The van der Waals surface area contributed by atoms with Crippen LogP contribution in [0, 0.1) is 5.41 Å². The maximum absolute atomic E-state index is 6.04. The Bertz CT molecular complexity index is 367. The van der Waals surface area contributed by atoms with Gasteiger partial charge in [0.1, 0.15) is 5.75 Å². The SMILES string of the molecule is CSc1ccc(OCC2(CS)CCCCCC2)cc1. The third-order valence-corrected chi connectivity index (χ3v) is 5.52. The van der Waals surface area contributed by atoms with Crippen LogP contribution in [0.2, 0.25) is 0 Å². The number of hydrogen-bond donors (Lipinski definition) is 1. The van der Waals surface area contributed by atoms with Gasteiger partial charge in [-0.1, -0.05) is 25.7 Å². The van der Waals surface area contributed by atoms with Gasteiger partial charge in [0.2, 0.25) is 0 Å². The number of hydrogen-bond acceptors (Lipinski definition) is 3. The molecule has 0 spiro atoms. The fraction of sp³-hybridized carbons (Fsp3) is 0.625. The molecule has 1 nitrogen and oxygen atoms in total. The second-order valence-corrected chi connectivity index (χ2v) is 6.73. The lowest BCUT2D eigenvalue weighted by atomic mass is 9.83. The van der Waals surface area contributed by atoms with Gasteiger partial charge in [0.15, 0.2) is 0 Å². The van der Waals surface area contributed by atoms with E-state index >= 15 is 0 Å².